The number of hydrogen-bond acceptors (Lipinski definition) is 7. The topological polar surface area (TPSA) is 144 Å². The molecule has 1 amide bonds. The van der Waals surface area contributed by atoms with Crippen LogP contribution in [0.4, 0.5) is 0 Å². The molecule has 2 saturated carbocycles. The number of phenols is 1. The van der Waals surface area contributed by atoms with Crippen LogP contribution in [0.25, 0.3) is 0 Å². The number of carbonyl (C=O) groups is 3. The first-order valence-electron chi connectivity index (χ1n) is 14.7. The van der Waals surface area contributed by atoms with E-state index < -0.39 is 69.4 Å². The fraction of sp³-hybridized carbons (Fsp3) is 0.719. The zero-order valence-corrected chi connectivity index (χ0v) is 25.4. The number of hydrogen-bond donors (Lipinski definition) is 5. The zero-order valence-electron chi connectivity index (χ0n) is 25.4. The third-order valence-electron chi connectivity index (χ3n) is 10.2. The van der Waals surface area contributed by atoms with Gasteiger partial charge in [0, 0.05) is 11.0 Å². The van der Waals surface area contributed by atoms with Gasteiger partial charge in [0.1, 0.15) is 17.8 Å². The normalized spacial score (nSPS) is 37.6. The Balaban J connectivity index is 1.94. The summed E-state index contributed by atoms with van der Waals surface area (Å²) in [4.78, 5) is 41.9. The monoisotopic (exact) mass is 557 g/mol. The van der Waals surface area contributed by atoms with Crippen LogP contribution in [0.2, 0.25) is 0 Å². The van der Waals surface area contributed by atoms with E-state index in [0.717, 1.165) is 11.1 Å². The number of carbonyl (C=O) groups excluding carboxylic acids is 3. The van der Waals surface area contributed by atoms with Crippen molar-refractivity contribution in [2.75, 3.05) is 0 Å². The second kappa shape index (κ2) is 9.63. The molecule has 3 aliphatic carbocycles. The van der Waals surface area contributed by atoms with Crippen molar-refractivity contribution in [3.63, 3.8) is 0 Å². The van der Waals surface area contributed by atoms with Crippen molar-refractivity contribution in [1.29, 1.82) is 0 Å². The number of aryl methyl sites for hydroxylation is 2. The molecule has 222 valence electrons. The molecule has 2 fully saturated rings. The van der Waals surface area contributed by atoms with Gasteiger partial charge < -0.3 is 25.7 Å². The summed E-state index contributed by atoms with van der Waals surface area (Å²) in [5, 5.41) is 50.0. The first-order valence-corrected chi connectivity index (χ1v) is 14.7. The van der Waals surface area contributed by atoms with E-state index in [0.29, 0.717) is 24.8 Å². The number of amides is 1. The van der Waals surface area contributed by atoms with Gasteiger partial charge in [-0.25, -0.2) is 0 Å². The summed E-state index contributed by atoms with van der Waals surface area (Å²) in [6.07, 6.45) is -1.51. The van der Waals surface area contributed by atoms with Gasteiger partial charge in [-0.3, -0.25) is 14.4 Å². The molecular formula is C32H47NO7. The summed E-state index contributed by atoms with van der Waals surface area (Å²) in [6, 6.07) is 1.94. The van der Waals surface area contributed by atoms with E-state index in [-0.39, 0.29) is 23.7 Å². The minimum Gasteiger partial charge on any atom is -0.507 e. The zero-order chi connectivity index (χ0) is 30.3. The van der Waals surface area contributed by atoms with Gasteiger partial charge in [0.25, 0.3) is 0 Å². The second-order valence-corrected chi connectivity index (χ2v) is 14.4. The first kappa shape index (κ1) is 30.7. The van der Waals surface area contributed by atoms with E-state index in [2.05, 4.69) is 5.32 Å². The number of Topliss-reactive ketones (excluding diaryl/α,β-unsaturated/α-hetero) is 2. The van der Waals surface area contributed by atoms with Crippen LogP contribution in [0.5, 0.6) is 5.75 Å². The largest absolute Gasteiger partial charge is 0.507 e. The second-order valence-electron chi connectivity index (χ2n) is 14.4. The van der Waals surface area contributed by atoms with Crippen LogP contribution < -0.4 is 5.32 Å². The van der Waals surface area contributed by atoms with Crippen molar-refractivity contribution in [1.82, 2.24) is 5.32 Å². The Morgan fingerprint density at radius 3 is 2.17 bits per heavy atom. The van der Waals surface area contributed by atoms with E-state index in [1.54, 1.807) is 27.7 Å². The lowest BCUT2D eigenvalue weighted by Crippen LogP contribution is -2.79. The van der Waals surface area contributed by atoms with Crippen LogP contribution in [0.15, 0.2) is 6.07 Å². The van der Waals surface area contributed by atoms with Crippen molar-refractivity contribution in [3.05, 3.63) is 28.3 Å². The molecular weight excluding hydrogens is 510 g/mol. The summed E-state index contributed by atoms with van der Waals surface area (Å²) in [7, 11) is 0. The lowest BCUT2D eigenvalue weighted by Gasteiger charge is -2.66. The van der Waals surface area contributed by atoms with Crippen molar-refractivity contribution in [2.45, 2.75) is 111 Å². The van der Waals surface area contributed by atoms with Crippen LogP contribution >= 0.6 is 0 Å². The first-order chi connectivity index (χ1) is 18.3. The summed E-state index contributed by atoms with van der Waals surface area (Å²) in [5.41, 5.74) is -2.88. The number of benzene rings is 1. The number of aliphatic hydroxyl groups is 3. The van der Waals surface area contributed by atoms with Gasteiger partial charge in [-0.15, -0.1) is 0 Å². The quantitative estimate of drug-likeness (QED) is 0.358. The minimum absolute atomic E-state index is 0.109. The Labute approximate surface area is 237 Å². The fourth-order valence-corrected chi connectivity index (χ4v) is 8.74. The standard InChI is InChI=1S/C32H47NO7/c1-10-16-12-17(11-2)23(34)19-18(16)13-30(8)14-31(9)21(15(3)4)25(36)20(28(39)33-29(5,6)7)26(37)32(31,40)27(38)22(30)24(19)35/h12,15,20-22,25,27,34,36,38,40H,10-11,13-14H2,1-9H3,(H,33,39)/t20?,21-,22?,25?,27?,30+,31+,32-/m0/s1. The van der Waals surface area contributed by atoms with E-state index >= 15 is 0 Å². The predicted molar refractivity (Wildman–Crippen MR) is 151 cm³/mol. The van der Waals surface area contributed by atoms with Gasteiger partial charge in [-0.1, -0.05) is 47.6 Å². The molecule has 8 atom stereocenters. The molecule has 8 nitrogen and oxygen atoms in total. The highest BCUT2D eigenvalue weighted by atomic mass is 16.4. The number of nitrogens with one attached hydrogen (secondary N) is 1. The highest BCUT2D eigenvalue weighted by molar-refractivity contribution is 6.09. The number of rotatable bonds is 4. The molecule has 8 heteroatoms. The highest BCUT2D eigenvalue weighted by Crippen LogP contribution is 2.66. The Bertz CT molecular complexity index is 1250. The molecule has 0 radical (unpaired) electrons. The molecule has 40 heavy (non-hydrogen) atoms. The maximum Gasteiger partial charge on any atom is 0.233 e. The molecule has 0 spiro atoms. The molecule has 1 aromatic rings. The van der Waals surface area contributed by atoms with Gasteiger partial charge in [0.2, 0.25) is 5.91 Å². The minimum atomic E-state index is -2.47. The summed E-state index contributed by atoms with van der Waals surface area (Å²) >= 11 is 0. The number of fused-ring (bicyclic) bond motifs is 3. The van der Waals surface area contributed by atoms with Gasteiger partial charge in [-0.2, -0.15) is 0 Å². The van der Waals surface area contributed by atoms with E-state index in [4.69, 9.17) is 0 Å². The SMILES string of the molecule is CCc1cc(CC)c2c(c1O)C(=O)C1C(O)[C@@]3(O)C(=O)C(C(=O)NC(C)(C)C)C(O)[C@H](C(C)C)[C@@]3(C)C[C@@]1(C)C2. The van der Waals surface area contributed by atoms with Gasteiger partial charge >= 0.3 is 0 Å². The summed E-state index contributed by atoms with van der Waals surface area (Å²) in [6.45, 7) is 16.5. The molecule has 5 N–H and O–H groups in total. The molecule has 4 rings (SSSR count). The Morgan fingerprint density at radius 2 is 1.68 bits per heavy atom. The maximum atomic E-state index is 14.3. The molecule has 0 bridgehead atoms. The van der Waals surface area contributed by atoms with Crippen molar-refractivity contribution in [2.24, 2.45) is 34.5 Å². The number of aromatic hydroxyl groups is 1. The van der Waals surface area contributed by atoms with Crippen LogP contribution in [-0.2, 0) is 28.9 Å². The Morgan fingerprint density at radius 1 is 1.10 bits per heavy atom. The maximum absolute atomic E-state index is 14.3. The van der Waals surface area contributed by atoms with Crippen LogP contribution in [0.3, 0.4) is 0 Å². The number of aliphatic hydroxyl groups excluding tert-OH is 2. The smallest absolute Gasteiger partial charge is 0.233 e. The molecule has 0 saturated heterocycles. The summed E-state index contributed by atoms with van der Waals surface area (Å²) in [5.74, 6) is -6.06. The van der Waals surface area contributed by atoms with Gasteiger partial charge in [-0.05, 0) is 80.4 Å². The van der Waals surface area contributed by atoms with Crippen molar-refractivity contribution < 1.29 is 34.8 Å². The summed E-state index contributed by atoms with van der Waals surface area (Å²) < 4.78 is 0. The molecule has 0 aliphatic heterocycles. The molecule has 4 unspecified atom stereocenters. The molecule has 1 aromatic carbocycles. The Hall–Kier alpha value is -2.29. The fourth-order valence-electron chi connectivity index (χ4n) is 8.74. The van der Waals surface area contributed by atoms with E-state index in [1.807, 2.05) is 40.7 Å². The lowest BCUT2D eigenvalue weighted by atomic mass is 9.39. The van der Waals surface area contributed by atoms with Crippen LogP contribution in [0, 0.1) is 34.5 Å². The molecule has 3 aliphatic rings. The van der Waals surface area contributed by atoms with Gasteiger partial charge in [0.05, 0.1) is 17.6 Å². The number of phenolic OH excluding ortho intramolecular Hbond substituents is 1. The van der Waals surface area contributed by atoms with E-state index in [9.17, 15) is 34.8 Å². The van der Waals surface area contributed by atoms with Gasteiger partial charge in [0.15, 0.2) is 17.2 Å². The predicted octanol–water partition coefficient (Wildman–Crippen LogP) is 3.13. The van der Waals surface area contributed by atoms with Crippen LogP contribution in [-0.4, -0.2) is 61.2 Å². The third kappa shape index (κ3) is 4.08. The van der Waals surface area contributed by atoms with Crippen molar-refractivity contribution >= 4 is 17.5 Å². The van der Waals surface area contributed by atoms with Crippen LogP contribution in [0.1, 0.15) is 95.8 Å². The highest BCUT2D eigenvalue weighted by Gasteiger charge is 2.76. The number of ketones is 2. The van der Waals surface area contributed by atoms with Crippen molar-refractivity contribution in [3.8, 4) is 5.75 Å². The van der Waals surface area contributed by atoms with E-state index in [1.165, 1.54) is 0 Å². The molecule has 0 aromatic heterocycles. The Kier molecular flexibility index (Phi) is 7.38. The average Bonchev–Trinajstić information content (AvgIpc) is 2.80. The average molecular weight is 558 g/mol. The third-order valence-corrected chi connectivity index (χ3v) is 10.2. The molecule has 0 heterocycles. The lowest BCUT2D eigenvalue weighted by molar-refractivity contribution is -0.265.